The number of halogens is 1. The number of rotatable bonds is 27. The van der Waals surface area contributed by atoms with E-state index >= 15 is 0 Å². The van der Waals surface area contributed by atoms with Gasteiger partial charge in [-0.3, -0.25) is 9.59 Å². The number of quaternary nitrogens is 1. The standard InChI is InChI=1S/C43H69N2O2.BrH/c1-6-8-10-12-14-16-18-20-22-26-42(46)36-28-30-40-38(34-36)39-35-37(43(47)27-23-21-19-17-15-13-11-9-7-2)29-31-41(39)44(40)32-24-25-33-45(3,4)5;/h28-31,34-35H,6-27,32-33H2,1-5H3;1H/q+1;/p-1. The highest BCUT2D eigenvalue weighted by molar-refractivity contribution is 6.13. The molecule has 0 saturated carbocycles. The Morgan fingerprint density at radius 1 is 0.521 bits per heavy atom. The van der Waals surface area contributed by atoms with Gasteiger partial charge in [-0.2, -0.15) is 0 Å². The summed E-state index contributed by atoms with van der Waals surface area (Å²) in [6.45, 7) is 6.61. The van der Waals surface area contributed by atoms with Crippen LogP contribution in [0.3, 0.4) is 0 Å². The summed E-state index contributed by atoms with van der Waals surface area (Å²) in [5, 5.41) is 2.23. The van der Waals surface area contributed by atoms with E-state index in [2.05, 4.69) is 63.8 Å². The minimum Gasteiger partial charge on any atom is -1.00 e. The summed E-state index contributed by atoms with van der Waals surface area (Å²) in [4.78, 5) is 26.6. The van der Waals surface area contributed by atoms with Crippen molar-refractivity contribution in [1.29, 1.82) is 0 Å². The van der Waals surface area contributed by atoms with Gasteiger partial charge in [0.2, 0.25) is 0 Å². The highest BCUT2D eigenvalue weighted by Crippen LogP contribution is 2.32. The Labute approximate surface area is 304 Å². The first-order valence-corrected chi connectivity index (χ1v) is 19.7. The zero-order valence-electron chi connectivity index (χ0n) is 31.5. The molecular weight excluding hydrogens is 656 g/mol. The molecule has 0 saturated heterocycles. The lowest BCUT2D eigenvalue weighted by molar-refractivity contribution is -0.870. The van der Waals surface area contributed by atoms with Crippen molar-refractivity contribution in [3.8, 4) is 0 Å². The van der Waals surface area contributed by atoms with Gasteiger partial charge in [0.25, 0.3) is 0 Å². The van der Waals surface area contributed by atoms with Gasteiger partial charge >= 0.3 is 0 Å². The second-order valence-corrected chi connectivity index (χ2v) is 15.3. The van der Waals surface area contributed by atoms with E-state index in [1.165, 1.54) is 101 Å². The number of benzene rings is 2. The van der Waals surface area contributed by atoms with Gasteiger partial charge in [-0.1, -0.05) is 117 Å². The fourth-order valence-corrected chi connectivity index (χ4v) is 7.03. The van der Waals surface area contributed by atoms with Crippen LogP contribution < -0.4 is 17.0 Å². The largest absolute Gasteiger partial charge is 1.00 e. The maximum atomic E-state index is 13.3. The van der Waals surface area contributed by atoms with E-state index in [1.54, 1.807) is 0 Å². The number of hydrogen-bond acceptors (Lipinski definition) is 2. The van der Waals surface area contributed by atoms with Crippen molar-refractivity contribution in [1.82, 2.24) is 4.57 Å². The summed E-state index contributed by atoms with van der Waals surface area (Å²) in [5.74, 6) is 0.493. The third-order valence-electron chi connectivity index (χ3n) is 9.98. The second-order valence-electron chi connectivity index (χ2n) is 15.3. The second kappa shape index (κ2) is 23.4. The molecule has 0 spiro atoms. The summed E-state index contributed by atoms with van der Waals surface area (Å²) in [6, 6.07) is 12.6. The molecule has 3 rings (SSSR count). The molecule has 48 heavy (non-hydrogen) atoms. The molecule has 0 bridgehead atoms. The van der Waals surface area contributed by atoms with Crippen LogP contribution in [0.2, 0.25) is 0 Å². The van der Waals surface area contributed by atoms with Gasteiger partial charge in [-0.05, 0) is 62.1 Å². The highest BCUT2D eigenvalue weighted by atomic mass is 79.9. The number of aromatic nitrogens is 1. The van der Waals surface area contributed by atoms with E-state index in [4.69, 9.17) is 0 Å². The Balaban J connectivity index is 0.00000800. The molecule has 0 radical (unpaired) electrons. The third kappa shape index (κ3) is 14.9. The topological polar surface area (TPSA) is 39.1 Å². The summed E-state index contributed by atoms with van der Waals surface area (Å²) < 4.78 is 3.39. The number of hydrogen-bond donors (Lipinski definition) is 0. The summed E-state index contributed by atoms with van der Waals surface area (Å²) in [5.41, 5.74) is 3.97. The quantitative estimate of drug-likeness (QED) is 0.0447. The molecule has 0 aliphatic rings. The molecule has 1 heterocycles. The predicted molar refractivity (Wildman–Crippen MR) is 204 cm³/mol. The van der Waals surface area contributed by atoms with Crippen molar-refractivity contribution < 1.29 is 31.1 Å². The number of nitrogens with zero attached hydrogens (tertiary/aromatic N) is 2. The number of ketones is 2. The molecular formula is C43H69BrN2O2. The number of Topliss-reactive ketones (excluding diaryl/α,β-unsaturated/α-hetero) is 2. The van der Waals surface area contributed by atoms with Gasteiger partial charge in [0.05, 0.1) is 27.7 Å². The van der Waals surface area contributed by atoms with Crippen molar-refractivity contribution in [2.24, 2.45) is 0 Å². The Bertz CT molecular complexity index is 1260. The minimum absolute atomic E-state index is 0. The normalized spacial score (nSPS) is 11.8. The Morgan fingerprint density at radius 2 is 0.896 bits per heavy atom. The van der Waals surface area contributed by atoms with E-state index < -0.39 is 0 Å². The molecule has 4 nitrogen and oxygen atoms in total. The average Bonchev–Trinajstić information content (AvgIpc) is 3.36. The lowest BCUT2D eigenvalue weighted by atomic mass is 9.99. The molecule has 2 aromatic carbocycles. The Hall–Kier alpha value is -1.98. The summed E-state index contributed by atoms with van der Waals surface area (Å²) >= 11 is 0. The maximum Gasteiger partial charge on any atom is 0.162 e. The van der Waals surface area contributed by atoms with Crippen LogP contribution in [0.15, 0.2) is 36.4 Å². The zero-order chi connectivity index (χ0) is 33.9. The summed E-state index contributed by atoms with van der Waals surface area (Å²) in [6.07, 6.45) is 26.1. The van der Waals surface area contributed by atoms with Gasteiger partial charge in [0, 0.05) is 52.3 Å². The maximum absolute atomic E-state index is 13.3. The lowest BCUT2D eigenvalue weighted by Gasteiger charge is -2.23. The van der Waals surface area contributed by atoms with Crippen molar-refractivity contribution in [3.63, 3.8) is 0 Å². The molecule has 0 N–H and O–H groups in total. The van der Waals surface area contributed by atoms with Crippen LogP contribution in [-0.4, -0.2) is 48.3 Å². The van der Waals surface area contributed by atoms with Crippen LogP contribution in [0.4, 0.5) is 0 Å². The van der Waals surface area contributed by atoms with E-state index in [1.807, 2.05) is 12.1 Å². The molecule has 3 aromatic rings. The molecule has 270 valence electrons. The molecule has 0 fully saturated rings. The summed E-state index contributed by atoms with van der Waals surface area (Å²) in [7, 11) is 6.75. The van der Waals surface area contributed by atoms with Crippen molar-refractivity contribution in [3.05, 3.63) is 47.5 Å². The van der Waals surface area contributed by atoms with E-state index in [-0.39, 0.29) is 28.5 Å². The number of carbonyl (C=O) groups excluding carboxylic acids is 2. The first-order valence-electron chi connectivity index (χ1n) is 19.7. The third-order valence-corrected chi connectivity index (χ3v) is 9.98. The number of fused-ring (bicyclic) bond motifs is 3. The van der Waals surface area contributed by atoms with Crippen LogP contribution in [0.1, 0.15) is 176 Å². The first-order chi connectivity index (χ1) is 22.7. The smallest absolute Gasteiger partial charge is 0.162 e. The van der Waals surface area contributed by atoms with Crippen LogP contribution in [0.5, 0.6) is 0 Å². The Kier molecular flexibility index (Phi) is 20.6. The zero-order valence-corrected chi connectivity index (χ0v) is 33.1. The monoisotopic (exact) mass is 724 g/mol. The molecule has 5 heteroatoms. The fraction of sp³-hybridized carbons (Fsp3) is 0.674. The SMILES string of the molecule is CCCCCCCCCCCC(=O)c1ccc2c(c1)c1cc(C(=O)CCCCCCCCCCC)ccc1n2CCCC[N+](C)(C)C.[Br-]. The molecule has 0 amide bonds. The van der Waals surface area contributed by atoms with Crippen LogP contribution in [-0.2, 0) is 6.54 Å². The first kappa shape index (κ1) is 42.2. The van der Waals surface area contributed by atoms with Gasteiger partial charge < -0.3 is 26.0 Å². The van der Waals surface area contributed by atoms with Crippen molar-refractivity contribution >= 4 is 33.4 Å². The molecule has 0 unspecified atom stereocenters. The number of unbranched alkanes of at least 4 members (excludes halogenated alkanes) is 17. The average molecular weight is 726 g/mol. The fourth-order valence-electron chi connectivity index (χ4n) is 7.03. The van der Waals surface area contributed by atoms with Gasteiger partial charge in [-0.15, -0.1) is 0 Å². The molecule has 0 aliphatic carbocycles. The van der Waals surface area contributed by atoms with Gasteiger partial charge in [0.1, 0.15) is 0 Å². The predicted octanol–water partition coefficient (Wildman–Crippen LogP) is 9.49. The lowest BCUT2D eigenvalue weighted by Crippen LogP contribution is -3.00. The van der Waals surface area contributed by atoms with E-state index in [0.29, 0.717) is 12.8 Å². The van der Waals surface area contributed by atoms with Gasteiger partial charge in [-0.25, -0.2) is 0 Å². The van der Waals surface area contributed by atoms with Crippen molar-refractivity contribution in [2.45, 2.75) is 162 Å². The Morgan fingerprint density at radius 3 is 1.27 bits per heavy atom. The van der Waals surface area contributed by atoms with Crippen LogP contribution in [0.25, 0.3) is 21.8 Å². The molecule has 0 aliphatic heterocycles. The van der Waals surface area contributed by atoms with Gasteiger partial charge in [0.15, 0.2) is 11.6 Å². The highest BCUT2D eigenvalue weighted by Gasteiger charge is 2.17. The van der Waals surface area contributed by atoms with Crippen molar-refractivity contribution in [2.75, 3.05) is 27.7 Å². The van der Waals surface area contributed by atoms with E-state index in [0.717, 1.165) is 78.0 Å². The number of carbonyl (C=O) groups is 2. The van der Waals surface area contributed by atoms with Crippen LogP contribution >= 0.6 is 0 Å². The minimum atomic E-state index is 0. The number of aryl methyl sites for hydroxylation is 1. The van der Waals surface area contributed by atoms with E-state index in [9.17, 15) is 9.59 Å². The van der Waals surface area contributed by atoms with Crippen LogP contribution in [0, 0.1) is 0 Å². The molecule has 1 aromatic heterocycles. The molecule has 0 atom stereocenters.